The second-order valence-electron chi connectivity index (χ2n) is 8.58. The average molecular weight is 497 g/mol. The fourth-order valence-corrected chi connectivity index (χ4v) is 4.86. The van der Waals surface area contributed by atoms with Crippen LogP contribution in [0.25, 0.3) is 10.9 Å². The highest BCUT2D eigenvalue weighted by molar-refractivity contribution is 7.97. The summed E-state index contributed by atoms with van der Waals surface area (Å²) in [6.45, 7) is 0.991. The molecule has 2 aromatic carbocycles. The van der Waals surface area contributed by atoms with Crippen LogP contribution in [-0.2, 0) is 0 Å². The zero-order valence-electron chi connectivity index (χ0n) is 20.1. The smallest absolute Gasteiger partial charge is 0.225 e. The van der Waals surface area contributed by atoms with Gasteiger partial charge in [-0.2, -0.15) is 10.2 Å². The SMILES string of the molecule is CN(C)c1nc(NCC2CCCCCC2)nc2ccccc12.CNSc1ccc(C#N)cc1Cl. The van der Waals surface area contributed by atoms with E-state index in [9.17, 15) is 0 Å². The number of aromatic nitrogens is 2. The predicted molar refractivity (Wildman–Crippen MR) is 145 cm³/mol. The van der Waals surface area contributed by atoms with Crippen molar-refractivity contribution in [1.82, 2.24) is 14.7 Å². The van der Waals surface area contributed by atoms with E-state index in [1.165, 1.54) is 50.5 Å². The molecule has 1 fully saturated rings. The first-order valence-corrected chi connectivity index (χ1v) is 12.9. The molecule has 34 heavy (non-hydrogen) atoms. The first-order chi connectivity index (χ1) is 16.5. The van der Waals surface area contributed by atoms with Gasteiger partial charge < -0.3 is 10.2 Å². The molecule has 6 nitrogen and oxygen atoms in total. The number of halogens is 1. The molecule has 3 aromatic rings. The molecule has 0 aliphatic heterocycles. The lowest BCUT2D eigenvalue weighted by Gasteiger charge is -2.18. The molecule has 8 heteroatoms. The minimum atomic E-state index is 0.584. The molecule has 1 aromatic heterocycles. The zero-order valence-corrected chi connectivity index (χ0v) is 21.7. The van der Waals surface area contributed by atoms with Gasteiger partial charge in [-0.3, -0.25) is 4.72 Å². The Morgan fingerprint density at radius 3 is 2.47 bits per heavy atom. The summed E-state index contributed by atoms with van der Waals surface area (Å²) < 4.78 is 2.91. The Hall–Kier alpha value is -2.53. The molecule has 1 heterocycles. The molecule has 0 unspecified atom stereocenters. The van der Waals surface area contributed by atoms with Crippen LogP contribution in [0.2, 0.25) is 5.02 Å². The molecule has 0 saturated heterocycles. The minimum Gasteiger partial charge on any atom is -0.362 e. The average Bonchev–Trinajstić information content (AvgIpc) is 3.13. The summed E-state index contributed by atoms with van der Waals surface area (Å²) in [7, 11) is 5.88. The number of fused-ring (bicyclic) bond motifs is 1. The summed E-state index contributed by atoms with van der Waals surface area (Å²) in [6.07, 6.45) is 8.20. The van der Waals surface area contributed by atoms with E-state index < -0.39 is 0 Å². The van der Waals surface area contributed by atoms with Gasteiger partial charge in [0.05, 0.1) is 22.2 Å². The van der Waals surface area contributed by atoms with Crippen LogP contribution in [0.5, 0.6) is 0 Å². The molecule has 180 valence electrons. The Kier molecular flexibility index (Phi) is 10.3. The Morgan fingerprint density at radius 2 is 1.82 bits per heavy atom. The molecule has 2 N–H and O–H groups in total. The quantitative estimate of drug-likeness (QED) is 0.297. The van der Waals surface area contributed by atoms with Gasteiger partial charge in [-0.15, -0.1) is 0 Å². The maximum atomic E-state index is 8.55. The molecular formula is C26H33ClN6S. The molecule has 0 radical (unpaired) electrons. The maximum absolute atomic E-state index is 8.55. The monoisotopic (exact) mass is 496 g/mol. The van der Waals surface area contributed by atoms with E-state index in [-0.39, 0.29) is 0 Å². The first kappa shape index (κ1) is 26.1. The third-order valence-electron chi connectivity index (χ3n) is 5.80. The zero-order chi connectivity index (χ0) is 24.3. The molecule has 0 atom stereocenters. The summed E-state index contributed by atoms with van der Waals surface area (Å²) in [5, 5.41) is 13.7. The van der Waals surface area contributed by atoms with E-state index in [2.05, 4.69) is 32.1 Å². The lowest BCUT2D eigenvalue weighted by Crippen LogP contribution is -2.17. The fourth-order valence-electron chi connectivity index (χ4n) is 4.05. The topological polar surface area (TPSA) is 76.9 Å². The highest BCUT2D eigenvalue weighted by Gasteiger charge is 2.14. The summed E-state index contributed by atoms with van der Waals surface area (Å²) in [4.78, 5) is 12.4. The van der Waals surface area contributed by atoms with Crippen LogP contribution in [0.4, 0.5) is 11.8 Å². The van der Waals surface area contributed by atoms with Crippen molar-refractivity contribution in [2.45, 2.75) is 43.4 Å². The van der Waals surface area contributed by atoms with Gasteiger partial charge in [0.1, 0.15) is 5.82 Å². The summed E-state index contributed by atoms with van der Waals surface area (Å²) in [5.41, 5.74) is 1.59. The number of hydrogen-bond acceptors (Lipinski definition) is 7. The molecule has 1 aliphatic carbocycles. The van der Waals surface area contributed by atoms with Crippen molar-refractivity contribution in [3.63, 3.8) is 0 Å². The number of hydrogen-bond donors (Lipinski definition) is 2. The maximum Gasteiger partial charge on any atom is 0.225 e. The molecule has 0 amide bonds. The van der Waals surface area contributed by atoms with Gasteiger partial charge in [0.25, 0.3) is 0 Å². The number of para-hydroxylation sites is 1. The van der Waals surface area contributed by atoms with E-state index in [4.69, 9.17) is 21.8 Å². The van der Waals surface area contributed by atoms with Gasteiger partial charge in [-0.05, 0) is 68.1 Å². The lowest BCUT2D eigenvalue weighted by atomic mass is 10.0. The van der Waals surface area contributed by atoms with Gasteiger partial charge in [0.2, 0.25) is 5.95 Å². The highest BCUT2D eigenvalue weighted by atomic mass is 35.5. The van der Waals surface area contributed by atoms with Crippen LogP contribution >= 0.6 is 23.5 Å². The van der Waals surface area contributed by atoms with E-state index in [1.807, 2.05) is 45.4 Å². The van der Waals surface area contributed by atoms with Gasteiger partial charge in [-0.25, -0.2) is 4.98 Å². The Morgan fingerprint density at radius 1 is 1.09 bits per heavy atom. The summed E-state index contributed by atoms with van der Waals surface area (Å²) in [5.74, 6) is 2.50. The van der Waals surface area contributed by atoms with Crippen molar-refractivity contribution in [2.75, 3.05) is 37.9 Å². The number of nitrogens with zero attached hydrogens (tertiary/aromatic N) is 4. The van der Waals surface area contributed by atoms with Crippen molar-refractivity contribution in [1.29, 1.82) is 5.26 Å². The van der Waals surface area contributed by atoms with Gasteiger partial charge in [-0.1, -0.05) is 49.4 Å². The van der Waals surface area contributed by atoms with E-state index in [1.54, 1.807) is 12.1 Å². The number of benzene rings is 2. The van der Waals surface area contributed by atoms with Crippen molar-refractivity contribution < 1.29 is 0 Å². The van der Waals surface area contributed by atoms with Gasteiger partial charge >= 0.3 is 0 Å². The number of rotatable bonds is 6. The van der Waals surface area contributed by atoms with Crippen LogP contribution in [0.3, 0.4) is 0 Å². The highest BCUT2D eigenvalue weighted by Crippen LogP contribution is 2.26. The van der Waals surface area contributed by atoms with Crippen molar-refractivity contribution in [2.24, 2.45) is 5.92 Å². The Balaban J connectivity index is 0.000000229. The van der Waals surface area contributed by atoms with E-state index in [0.717, 1.165) is 40.0 Å². The number of nitriles is 1. The van der Waals surface area contributed by atoms with E-state index >= 15 is 0 Å². The largest absolute Gasteiger partial charge is 0.362 e. The fraction of sp³-hybridized carbons (Fsp3) is 0.423. The normalized spacial score (nSPS) is 14.0. The standard InChI is InChI=1S/C18H26N4.C8H7ClN2S/c1-22(2)17-15-11-7-8-12-16(15)20-18(21-17)19-13-14-9-5-3-4-6-10-14;1-11-12-8-3-2-6(5-10)4-7(8)9/h7-8,11-12,14H,3-6,9-10,13H2,1-2H3,(H,19,20,21);2-4,11H,1H3. The minimum absolute atomic E-state index is 0.584. The van der Waals surface area contributed by atoms with Crippen molar-refractivity contribution >= 4 is 46.2 Å². The van der Waals surface area contributed by atoms with Crippen LogP contribution < -0.4 is 14.9 Å². The lowest BCUT2D eigenvalue weighted by molar-refractivity contribution is 0.482. The van der Waals surface area contributed by atoms with E-state index in [0.29, 0.717) is 10.6 Å². The Labute approximate surface area is 212 Å². The molecule has 0 bridgehead atoms. The molecule has 1 aliphatic rings. The summed E-state index contributed by atoms with van der Waals surface area (Å²) >= 11 is 7.30. The summed E-state index contributed by atoms with van der Waals surface area (Å²) in [6, 6.07) is 15.5. The molecule has 4 rings (SSSR count). The predicted octanol–water partition coefficient (Wildman–Crippen LogP) is 6.52. The van der Waals surface area contributed by atoms with Gasteiger partial charge in [0, 0.05) is 30.9 Å². The van der Waals surface area contributed by atoms with Gasteiger partial charge in [0.15, 0.2) is 0 Å². The molecular weight excluding hydrogens is 464 g/mol. The van der Waals surface area contributed by atoms with Crippen molar-refractivity contribution in [3.05, 3.63) is 53.1 Å². The van der Waals surface area contributed by atoms with Crippen LogP contribution in [0, 0.1) is 17.2 Å². The second-order valence-corrected chi connectivity index (χ2v) is 10.0. The first-order valence-electron chi connectivity index (χ1n) is 11.7. The van der Waals surface area contributed by atoms with Crippen LogP contribution in [-0.4, -0.2) is 37.7 Å². The molecule has 0 spiro atoms. The number of nitrogens with one attached hydrogen (secondary N) is 2. The van der Waals surface area contributed by atoms with Crippen LogP contribution in [0.15, 0.2) is 47.4 Å². The third-order valence-corrected chi connectivity index (χ3v) is 7.01. The number of anilines is 2. The second kappa shape index (κ2) is 13.4. The van der Waals surface area contributed by atoms with Crippen LogP contribution in [0.1, 0.15) is 44.1 Å². The Bertz CT molecular complexity index is 1110. The molecule has 1 saturated carbocycles. The van der Waals surface area contributed by atoms with Crippen molar-refractivity contribution in [3.8, 4) is 6.07 Å². The third kappa shape index (κ3) is 7.49.